The molecule has 2 rings (SSSR count). The Morgan fingerprint density at radius 3 is 2.80 bits per heavy atom. The van der Waals surface area contributed by atoms with Gasteiger partial charge in [0.25, 0.3) is 5.91 Å². The molecule has 0 fully saturated rings. The van der Waals surface area contributed by atoms with Crippen molar-refractivity contribution in [2.45, 2.75) is 26.9 Å². The molecule has 0 aliphatic carbocycles. The number of aromatic nitrogens is 2. The summed E-state index contributed by atoms with van der Waals surface area (Å²) in [5, 5.41) is 9.52. The summed E-state index contributed by atoms with van der Waals surface area (Å²) in [4.78, 5) is 12.0. The molecule has 0 aliphatic heterocycles. The van der Waals surface area contributed by atoms with Gasteiger partial charge in [0, 0.05) is 6.07 Å². The summed E-state index contributed by atoms with van der Waals surface area (Å²) >= 11 is 0. The number of anilines is 1. The van der Waals surface area contributed by atoms with Gasteiger partial charge in [-0.25, -0.2) is 4.39 Å². The van der Waals surface area contributed by atoms with E-state index < -0.39 is 11.9 Å². The molecule has 2 N–H and O–H groups in total. The first-order valence-electron chi connectivity index (χ1n) is 6.22. The lowest BCUT2D eigenvalue weighted by atomic mass is 10.3. The van der Waals surface area contributed by atoms with Gasteiger partial charge in [-0.2, -0.15) is 5.10 Å². The quantitative estimate of drug-likeness (QED) is 0.902. The topological polar surface area (TPSA) is 67.0 Å². The van der Waals surface area contributed by atoms with Gasteiger partial charge >= 0.3 is 0 Å². The molecule has 1 aromatic carbocycles. The number of halogens is 1. The van der Waals surface area contributed by atoms with Crippen LogP contribution in [0.5, 0.6) is 5.75 Å². The molecule has 1 heterocycles. The minimum Gasteiger partial charge on any atom is -0.481 e. The predicted molar refractivity (Wildman–Crippen MR) is 73.2 cm³/mol. The summed E-state index contributed by atoms with van der Waals surface area (Å²) in [6.45, 7) is 5.20. The lowest BCUT2D eigenvalue weighted by Gasteiger charge is -2.14. The molecule has 2 aromatic rings. The molecular weight excluding hydrogens is 261 g/mol. The van der Waals surface area contributed by atoms with Crippen molar-refractivity contribution >= 4 is 11.6 Å². The minimum absolute atomic E-state index is 0.313. The zero-order valence-electron chi connectivity index (χ0n) is 11.5. The summed E-state index contributed by atoms with van der Waals surface area (Å²) in [6, 6.07) is 5.68. The Bertz CT molecular complexity index is 605. The van der Waals surface area contributed by atoms with E-state index in [2.05, 4.69) is 15.5 Å². The van der Waals surface area contributed by atoms with Crippen molar-refractivity contribution in [1.29, 1.82) is 0 Å². The Hall–Kier alpha value is -2.37. The summed E-state index contributed by atoms with van der Waals surface area (Å²) in [6.07, 6.45) is -0.745. The average molecular weight is 277 g/mol. The Balaban J connectivity index is 2.02. The molecule has 20 heavy (non-hydrogen) atoms. The number of nitrogens with one attached hydrogen (secondary N) is 2. The van der Waals surface area contributed by atoms with Crippen LogP contribution in [0.4, 0.5) is 10.1 Å². The van der Waals surface area contributed by atoms with Gasteiger partial charge in [0.05, 0.1) is 17.1 Å². The van der Waals surface area contributed by atoms with Crippen LogP contribution in [0.2, 0.25) is 0 Å². The highest BCUT2D eigenvalue weighted by Crippen LogP contribution is 2.18. The Morgan fingerprint density at radius 2 is 2.20 bits per heavy atom. The van der Waals surface area contributed by atoms with Crippen LogP contribution in [0.3, 0.4) is 0 Å². The van der Waals surface area contributed by atoms with Crippen LogP contribution < -0.4 is 10.1 Å². The largest absolute Gasteiger partial charge is 0.481 e. The van der Waals surface area contributed by atoms with Gasteiger partial charge in [0.15, 0.2) is 6.10 Å². The number of H-pyrrole nitrogens is 1. The highest BCUT2D eigenvalue weighted by Gasteiger charge is 2.18. The lowest BCUT2D eigenvalue weighted by molar-refractivity contribution is -0.122. The van der Waals surface area contributed by atoms with E-state index in [0.29, 0.717) is 17.1 Å². The van der Waals surface area contributed by atoms with Crippen molar-refractivity contribution in [2.75, 3.05) is 5.32 Å². The van der Waals surface area contributed by atoms with Crippen LogP contribution in [0, 0.1) is 19.7 Å². The molecule has 6 heteroatoms. The number of amides is 1. The number of rotatable bonds is 4. The van der Waals surface area contributed by atoms with Crippen LogP contribution >= 0.6 is 0 Å². The molecule has 1 atom stereocenters. The molecule has 0 saturated heterocycles. The van der Waals surface area contributed by atoms with Crippen molar-refractivity contribution in [3.63, 3.8) is 0 Å². The molecule has 0 radical (unpaired) electrons. The Morgan fingerprint density at radius 1 is 1.45 bits per heavy atom. The van der Waals surface area contributed by atoms with E-state index in [1.54, 1.807) is 19.9 Å². The first-order chi connectivity index (χ1) is 9.47. The second-order valence-corrected chi connectivity index (χ2v) is 4.52. The van der Waals surface area contributed by atoms with Gasteiger partial charge in [0.2, 0.25) is 0 Å². The number of carbonyl (C=O) groups is 1. The van der Waals surface area contributed by atoms with Gasteiger partial charge in [-0.1, -0.05) is 6.07 Å². The molecular formula is C14H16FN3O2. The van der Waals surface area contributed by atoms with Gasteiger partial charge in [0.1, 0.15) is 11.6 Å². The monoisotopic (exact) mass is 277 g/mol. The highest BCUT2D eigenvalue weighted by molar-refractivity contribution is 5.95. The Kier molecular flexibility index (Phi) is 4.02. The molecule has 5 nitrogen and oxygen atoms in total. The van der Waals surface area contributed by atoms with Gasteiger partial charge in [-0.05, 0) is 32.9 Å². The standard InChI is InChI=1S/C14H16FN3O2/c1-8-13(9(2)18-17-8)16-14(19)10(3)20-12-6-4-5-11(15)7-12/h4-7,10H,1-3H3,(H,16,19)(H,17,18)/t10-/m1/s1. The number of nitrogens with zero attached hydrogens (tertiary/aromatic N) is 1. The molecule has 1 aromatic heterocycles. The van der Waals surface area contributed by atoms with E-state index in [-0.39, 0.29) is 5.91 Å². The fourth-order valence-electron chi connectivity index (χ4n) is 1.76. The first-order valence-corrected chi connectivity index (χ1v) is 6.22. The van der Waals surface area contributed by atoms with Gasteiger partial charge in [-0.3, -0.25) is 9.89 Å². The van der Waals surface area contributed by atoms with E-state index in [0.717, 1.165) is 5.69 Å². The van der Waals surface area contributed by atoms with Crippen molar-refractivity contribution in [3.8, 4) is 5.75 Å². The zero-order chi connectivity index (χ0) is 14.7. The number of carbonyl (C=O) groups excluding carboxylic acids is 1. The maximum atomic E-state index is 13.0. The molecule has 1 amide bonds. The van der Waals surface area contributed by atoms with Crippen LogP contribution in [0.15, 0.2) is 24.3 Å². The van der Waals surface area contributed by atoms with E-state index in [4.69, 9.17) is 4.74 Å². The maximum Gasteiger partial charge on any atom is 0.265 e. The number of benzene rings is 1. The normalized spacial score (nSPS) is 12.0. The second-order valence-electron chi connectivity index (χ2n) is 4.52. The summed E-state index contributed by atoms with van der Waals surface area (Å²) in [5.74, 6) is -0.410. The zero-order valence-corrected chi connectivity index (χ0v) is 11.5. The number of hydrogen-bond acceptors (Lipinski definition) is 3. The van der Waals surface area contributed by atoms with E-state index in [1.165, 1.54) is 18.2 Å². The van der Waals surface area contributed by atoms with Crippen LogP contribution in [0.1, 0.15) is 18.3 Å². The van der Waals surface area contributed by atoms with E-state index in [1.807, 2.05) is 6.92 Å². The molecule has 0 saturated carbocycles. The number of ether oxygens (including phenoxy) is 1. The van der Waals surface area contributed by atoms with Crippen LogP contribution in [0.25, 0.3) is 0 Å². The fraction of sp³-hybridized carbons (Fsp3) is 0.286. The molecule has 106 valence electrons. The van der Waals surface area contributed by atoms with Crippen molar-refractivity contribution in [1.82, 2.24) is 10.2 Å². The van der Waals surface area contributed by atoms with E-state index >= 15 is 0 Å². The van der Waals surface area contributed by atoms with Gasteiger partial charge in [-0.15, -0.1) is 0 Å². The lowest BCUT2D eigenvalue weighted by Crippen LogP contribution is -2.30. The van der Waals surface area contributed by atoms with Gasteiger partial charge < -0.3 is 10.1 Å². The molecule has 0 unspecified atom stereocenters. The first kappa shape index (κ1) is 14.0. The van der Waals surface area contributed by atoms with E-state index in [9.17, 15) is 9.18 Å². The number of aromatic amines is 1. The summed E-state index contributed by atoms with van der Waals surface area (Å²) in [7, 11) is 0. The second kappa shape index (κ2) is 5.73. The van der Waals surface area contributed by atoms with Crippen LogP contribution in [-0.2, 0) is 4.79 Å². The fourth-order valence-corrected chi connectivity index (χ4v) is 1.76. The van der Waals surface area contributed by atoms with Crippen molar-refractivity contribution in [3.05, 3.63) is 41.5 Å². The Labute approximate surface area is 116 Å². The summed E-state index contributed by atoms with van der Waals surface area (Å²) in [5.41, 5.74) is 2.12. The summed E-state index contributed by atoms with van der Waals surface area (Å²) < 4.78 is 18.4. The average Bonchev–Trinajstić information content (AvgIpc) is 2.70. The SMILES string of the molecule is Cc1n[nH]c(C)c1NC(=O)[C@@H](C)Oc1cccc(F)c1. The predicted octanol–water partition coefficient (Wildman–Crippen LogP) is 2.57. The van der Waals surface area contributed by atoms with Crippen molar-refractivity contribution < 1.29 is 13.9 Å². The van der Waals surface area contributed by atoms with Crippen LogP contribution in [-0.4, -0.2) is 22.2 Å². The highest BCUT2D eigenvalue weighted by atomic mass is 19.1. The molecule has 0 aliphatic rings. The van der Waals surface area contributed by atoms with Crippen molar-refractivity contribution in [2.24, 2.45) is 0 Å². The minimum atomic E-state index is -0.745. The third-order valence-corrected chi connectivity index (χ3v) is 2.85. The number of aryl methyl sites for hydroxylation is 2. The number of hydrogen-bond donors (Lipinski definition) is 2. The third kappa shape index (κ3) is 3.14. The smallest absolute Gasteiger partial charge is 0.265 e. The molecule has 0 spiro atoms. The molecule has 0 bridgehead atoms. The maximum absolute atomic E-state index is 13.0. The third-order valence-electron chi connectivity index (χ3n) is 2.85.